The number of hydrogen-bond donors (Lipinski definition) is 0. The zero-order valence-electron chi connectivity index (χ0n) is 14.1. The zero-order valence-corrected chi connectivity index (χ0v) is 14.9. The summed E-state index contributed by atoms with van der Waals surface area (Å²) < 4.78 is 27.5. The molecular formula is C17H19N5O2S. The minimum absolute atomic E-state index is 0.0923. The molecule has 25 heavy (non-hydrogen) atoms. The first-order valence-corrected chi connectivity index (χ1v) is 9.98. The summed E-state index contributed by atoms with van der Waals surface area (Å²) in [6, 6.07) is 3.74. The molecule has 3 aromatic rings. The fourth-order valence-corrected chi connectivity index (χ4v) is 5.22. The van der Waals surface area contributed by atoms with Crippen LogP contribution in [0.2, 0.25) is 0 Å². The second-order valence-electron chi connectivity index (χ2n) is 6.38. The van der Waals surface area contributed by atoms with Gasteiger partial charge < -0.3 is 0 Å². The number of imidazole rings is 1. The van der Waals surface area contributed by atoms with Gasteiger partial charge in [0.2, 0.25) is 0 Å². The highest BCUT2D eigenvalue weighted by Crippen LogP contribution is 2.30. The van der Waals surface area contributed by atoms with Gasteiger partial charge in [-0.2, -0.15) is 5.10 Å². The largest absolute Gasteiger partial charge is 0.296 e. The van der Waals surface area contributed by atoms with Crippen LogP contribution in [-0.4, -0.2) is 44.2 Å². The Bertz CT molecular complexity index is 1020. The van der Waals surface area contributed by atoms with Crippen LogP contribution in [0.5, 0.6) is 0 Å². The standard InChI is InChI=1S/C17H19N5O2S/c1-12-16(13(2)22(20-12)15-5-10-25(23,24)11-15)21-9-8-19-17(21)14-3-6-18-7-4-14/h3-4,6-9,15H,5,10-11H2,1-2H3. The lowest BCUT2D eigenvalue weighted by molar-refractivity contribution is 0.486. The van der Waals surface area contributed by atoms with Crippen molar-refractivity contribution in [1.29, 1.82) is 0 Å². The highest BCUT2D eigenvalue weighted by atomic mass is 32.2. The summed E-state index contributed by atoms with van der Waals surface area (Å²) in [6.07, 6.45) is 7.75. The number of hydrogen-bond acceptors (Lipinski definition) is 5. The highest BCUT2D eigenvalue weighted by molar-refractivity contribution is 7.91. The van der Waals surface area contributed by atoms with Gasteiger partial charge in [-0.1, -0.05) is 0 Å². The molecule has 1 aliphatic heterocycles. The van der Waals surface area contributed by atoms with Gasteiger partial charge in [0.15, 0.2) is 9.84 Å². The predicted octanol–water partition coefficient (Wildman–Crippen LogP) is 2.11. The van der Waals surface area contributed by atoms with Gasteiger partial charge in [0.1, 0.15) is 5.82 Å². The van der Waals surface area contributed by atoms with Crippen molar-refractivity contribution in [1.82, 2.24) is 24.3 Å². The monoisotopic (exact) mass is 357 g/mol. The second kappa shape index (κ2) is 5.80. The molecule has 1 atom stereocenters. The lowest BCUT2D eigenvalue weighted by Gasteiger charge is -2.12. The number of rotatable bonds is 3. The molecule has 0 spiro atoms. The van der Waals surface area contributed by atoms with E-state index in [1.54, 1.807) is 18.6 Å². The first kappa shape index (κ1) is 16.0. The Hall–Kier alpha value is -2.48. The molecule has 0 saturated carbocycles. The molecule has 4 rings (SSSR count). The molecule has 0 aliphatic carbocycles. The van der Waals surface area contributed by atoms with Crippen LogP contribution in [-0.2, 0) is 9.84 Å². The smallest absolute Gasteiger partial charge is 0.152 e. The molecule has 1 unspecified atom stereocenters. The Morgan fingerprint density at radius 3 is 2.60 bits per heavy atom. The summed E-state index contributed by atoms with van der Waals surface area (Å²) in [4.78, 5) is 8.53. The van der Waals surface area contributed by atoms with Crippen LogP contribution in [0.4, 0.5) is 0 Å². The molecule has 3 aromatic heterocycles. The van der Waals surface area contributed by atoms with Crippen LogP contribution in [0.15, 0.2) is 36.9 Å². The van der Waals surface area contributed by atoms with E-state index in [9.17, 15) is 8.42 Å². The summed E-state index contributed by atoms with van der Waals surface area (Å²) >= 11 is 0. The fraction of sp³-hybridized carbons (Fsp3) is 0.353. The summed E-state index contributed by atoms with van der Waals surface area (Å²) in [5.74, 6) is 1.21. The van der Waals surface area contributed by atoms with E-state index in [0.717, 1.165) is 28.5 Å². The summed E-state index contributed by atoms with van der Waals surface area (Å²) in [7, 11) is -2.96. The third-order valence-electron chi connectivity index (χ3n) is 4.66. The van der Waals surface area contributed by atoms with Crippen molar-refractivity contribution >= 4 is 9.84 Å². The van der Waals surface area contributed by atoms with Gasteiger partial charge in [0.25, 0.3) is 0 Å². The van der Waals surface area contributed by atoms with E-state index in [1.807, 2.05) is 41.4 Å². The normalized spacial score (nSPS) is 19.4. The van der Waals surface area contributed by atoms with Gasteiger partial charge in [0, 0.05) is 30.4 Å². The molecule has 0 radical (unpaired) electrons. The molecule has 4 heterocycles. The molecule has 1 fully saturated rings. The van der Waals surface area contributed by atoms with Crippen LogP contribution < -0.4 is 0 Å². The van der Waals surface area contributed by atoms with Gasteiger partial charge in [-0.3, -0.25) is 14.2 Å². The molecule has 1 saturated heterocycles. The van der Waals surface area contributed by atoms with Crippen LogP contribution in [0.25, 0.3) is 17.1 Å². The molecule has 0 bridgehead atoms. The maximum Gasteiger partial charge on any atom is 0.152 e. The van der Waals surface area contributed by atoms with Crippen molar-refractivity contribution < 1.29 is 8.42 Å². The zero-order chi connectivity index (χ0) is 17.6. The lowest BCUT2D eigenvalue weighted by atomic mass is 10.2. The molecule has 0 N–H and O–H groups in total. The quantitative estimate of drug-likeness (QED) is 0.717. The molecule has 8 heteroatoms. The Labute approximate surface area is 146 Å². The topological polar surface area (TPSA) is 82.7 Å². The van der Waals surface area contributed by atoms with E-state index in [1.165, 1.54) is 0 Å². The first-order chi connectivity index (χ1) is 12.0. The highest BCUT2D eigenvalue weighted by Gasteiger charge is 2.32. The minimum atomic E-state index is -2.96. The van der Waals surface area contributed by atoms with E-state index >= 15 is 0 Å². The number of aromatic nitrogens is 5. The van der Waals surface area contributed by atoms with Crippen molar-refractivity contribution in [3.63, 3.8) is 0 Å². The van der Waals surface area contributed by atoms with Crippen LogP contribution in [0, 0.1) is 13.8 Å². The average molecular weight is 357 g/mol. The van der Waals surface area contributed by atoms with E-state index in [0.29, 0.717) is 6.42 Å². The number of nitrogens with zero attached hydrogens (tertiary/aromatic N) is 5. The third-order valence-corrected chi connectivity index (χ3v) is 6.41. The molecule has 1 aliphatic rings. The molecule has 130 valence electrons. The Morgan fingerprint density at radius 2 is 1.92 bits per heavy atom. The number of sulfone groups is 1. The van der Waals surface area contributed by atoms with Crippen molar-refractivity contribution in [3.05, 3.63) is 48.3 Å². The van der Waals surface area contributed by atoms with E-state index in [4.69, 9.17) is 0 Å². The van der Waals surface area contributed by atoms with Gasteiger partial charge in [-0.05, 0) is 32.4 Å². The van der Waals surface area contributed by atoms with Gasteiger partial charge in [-0.25, -0.2) is 13.4 Å². The molecule has 7 nitrogen and oxygen atoms in total. The van der Waals surface area contributed by atoms with Crippen molar-refractivity contribution in [3.8, 4) is 17.1 Å². The van der Waals surface area contributed by atoms with Gasteiger partial charge in [-0.15, -0.1) is 0 Å². The van der Waals surface area contributed by atoms with E-state index in [2.05, 4.69) is 15.1 Å². The number of aryl methyl sites for hydroxylation is 1. The van der Waals surface area contributed by atoms with Crippen LogP contribution in [0.1, 0.15) is 23.9 Å². The SMILES string of the molecule is Cc1nn(C2CCS(=O)(=O)C2)c(C)c1-n1ccnc1-c1ccncc1. The maximum atomic E-state index is 11.8. The predicted molar refractivity (Wildman–Crippen MR) is 94.4 cm³/mol. The number of pyridine rings is 1. The molecular weight excluding hydrogens is 338 g/mol. The third kappa shape index (κ3) is 2.76. The van der Waals surface area contributed by atoms with Crippen LogP contribution >= 0.6 is 0 Å². The second-order valence-corrected chi connectivity index (χ2v) is 8.61. The van der Waals surface area contributed by atoms with Crippen molar-refractivity contribution in [2.45, 2.75) is 26.3 Å². The van der Waals surface area contributed by atoms with Crippen LogP contribution in [0.3, 0.4) is 0 Å². The van der Waals surface area contributed by atoms with Gasteiger partial charge in [0.05, 0.1) is 34.6 Å². The Balaban J connectivity index is 1.80. The lowest BCUT2D eigenvalue weighted by Crippen LogP contribution is -2.14. The summed E-state index contributed by atoms with van der Waals surface area (Å²) in [5.41, 5.74) is 3.73. The Morgan fingerprint density at radius 1 is 1.16 bits per heavy atom. The Kier molecular flexibility index (Phi) is 3.72. The van der Waals surface area contributed by atoms with Crippen molar-refractivity contribution in [2.24, 2.45) is 0 Å². The molecule has 0 aromatic carbocycles. The van der Waals surface area contributed by atoms with E-state index < -0.39 is 9.84 Å². The fourth-order valence-electron chi connectivity index (χ4n) is 3.53. The minimum Gasteiger partial charge on any atom is -0.296 e. The van der Waals surface area contributed by atoms with E-state index in [-0.39, 0.29) is 17.5 Å². The molecule has 0 amide bonds. The summed E-state index contributed by atoms with van der Waals surface area (Å²) in [6.45, 7) is 3.93. The van der Waals surface area contributed by atoms with Gasteiger partial charge >= 0.3 is 0 Å². The van der Waals surface area contributed by atoms with Crippen molar-refractivity contribution in [2.75, 3.05) is 11.5 Å². The first-order valence-electron chi connectivity index (χ1n) is 8.16. The maximum absolute atomic E-state index is 11.8. The summed E-state index contributed by atoms with van der Waals surface area (Å²) in [5, 5.41) is 4.64. The average Bonchev–Trinajstić information content (AvgIpc) is 3.26.